The summed E-state index contributed by atoms with van der Waals surface area (Å²) in [6.45, 7) is 2.32. The molecule has 0 bridgehead atoms. The first-order valence-corrected chi connectivity index (χ1v) is 9.76. The summed E-state index contributed by atoms with van der Waals surface area (Å²) >= 11 is 0. The molecular formula is C25H22N2O4. The summed E-state index contributed by atoms with van der Waals surface area (Å²) in [7, 11) is 0. The molecule has 1 N–H and O–H groups in total. The number of carbonyl (C=O) groups is 2. The predicted molar refractivity (Wildman–Crippen MR) is 120 cm³/mol. The van der Waals surface area contributed by atoms with Crippen molar-refractivity contribution < 1.29 is 19.1 Å². The van der Waals surface area contributed by atoms with Gasteiger partial charge in [0.15, 0.2) is 0 Å². The first-order valence-electron chi connectivity index (χ1n) is 9.76. The fourth-order valence-corrected chi connectivity index (χ4v) is 2.66. The number of nitrogens with one attached hydrogen (secondary N) is 1. The zero-order valence-corrected chi connectivity index (χ0v) is 17.0. The Kier molecular flexibility index (Phi) is 7.71. The molecule has 156 valence electrons. The third kappa shape index (κ3) is 6.68. The van der Waals surface area contributed by atoms with Gasteiger partial charge < -0.3 is 9.47 Å². The molecule has 0 heterocycles. The van der Waals surface area contributed by atoms with Crippen LogP contribution in [0.4, 0.5) is 0 Å². The second-order valence-corrected chi connectivity index (χ2v) is 6.36. The first kappa shape index (κ1) is 21.5. The number of nitrogens with zero attached hydrogens (tertiary/aromatic N) is 1. The second-order valence-electron chi connectivity index (χ2n) is 6.36. The van der Waals surface area contributed by atoms with E-state index in [1.54, 1.807) is 54.6 Å². The fraction of sp³-hybridized carbons (Fsp3) is 0.0800. The van der Waals surface area contributed by atoms with Crippen LogP contribution in [0.1, 0.15) is 28.4 Å². The van der Waals surface area contributed by atoms with Crippen molar-refractivity contribution in [1.82, 2.24) is 5.43 Å². The molecule has 6 nitrogen and oxygen atoms in total. The van der Waals surface area contributed by atoms with Crippen LogP contribution in [0.2, 0.25) is 0 Å². The van der Waals surface area contributed by atoms with Crippen LogP contribution in [0, 0.1) is 0 Å². The number of esters is 1. The SMILES string of the molecule is CCOc1ccccc1C(=O)N/N=C/c1ccc(OC(=O)/C=C/c2ccccc2)cc1. The molecule has 0 saturated carbocycles. The van der Waals surface area contributed by atoms with E-state index in [0.717, 1.165) is 11.1 Å². The lowest BCUT2D eigenvalue weighted by Gasteiger charge is -2.08. The number of hydrogen-bond donors (Lipinski definition) is 1. The van der Waals surface area contributed by atoms with Gasteiger partial charge in [0.25, 0.3) is 5.91 Å². The van der Waals surface area contributed by atoms with E-state index in [-0.39, 0.29) is 5.91 Å². The third-order valence-corrected chi connectivity index (χ3v) is 4.12. The molecule has 6 heteroatoms. The molecule has 0 aliphatic carbocycles. The molecular weight excluding hydrogens is 392 g/mol. The van der Waals surface area contributed by atoms with Crippen LogP contribution in [-0.4, -0.2) is 24.7 Å². The lowest BCUT2D eigenvalue weighted by Crippen LogP contribution is -2.18. The van der Waals surface area contributed by atoms with E-state index in [4.69, 9.17) is 9.47 Å². The standard InChI is InChI=1S/C25H22N2O4/c1-2-30-23-11-7-6-10-22(23)25(29)27-26-18-20-12-15-21(16-13-20)31-24(28)17-14-19-8-4-3-5-9-19/h3-18H,2H2,1H3,(H,27,29)/b17-14+,26-18+. The highest BCUT2D eigenvalue weighted by molar-refractivity contribution is 5.97. The van der Waals surface area contributed by atoms with Crippen LogP contribution in [0.5, 0.6) is 11.5 Å². The molecule has 3 aromatic carbocycles. The lowest BCUT2D eigenvalue weighted by molar-refractivity contribution is -0.128. The van der Waals surface area contributed by atoms with Crippen molar-refractivity contribution in [1.29, 1.82) is 0 Å². The van der Waals surface area contributed by atoms with Gasteiger partial charge in [-0.05, 0) is 60.5 Å². The molecule has 0 radical (unpaired) electrons. The Balaban J connectivity index is 1.53. The minimum Gasteiger partial charge on any atom is -0.493 e. The number of amides is 1. The summed E-state index contributed by atoms with van der Waals surface area (Å²) in [4.78, 5) is 24.2. The Morgan fingerprint density at radius 3 is 2.35 bits per heavy atom. The van der Waals surface area contributed by atoms with Gasteiger partial charge in [-0.15, -0.1) is 0 Å². The van der Waals surface area contributed by atoms with Crippen molar-refractivity contribution in [2.75, 3.05) is 6.61 Å². The molecule has 3 rings (SSSR count). The number of hydrogen-bond acceptors (Lipinski definition) is 5. The molecule has 0 fully saturated rings. The number of rotatable bonds is 8. The van der Waals surface area contributed by atoms with Gasteiger partial charge in [0, 0.05) is 6.08 Å². The van der Waals surface area contributed by atoms with Gasteiger partial charge in [-0.1, -0.05) is 42.5 Å². The van der Waals surface area contributed by atoms with E-state index in [9.17, 15) is 9.59 Å². The highest BCUT2D eigenvalue weighted by Gasteiger charge is 2.10. The van der Waals surface area contributed by atoms with Crippen molar-refractivity contribution in [3.05, 3.63) is 102 Å². The highest BCUT2D eigenvalue weighted by Crippen LogP contribution is 2.17. The number of benzene rings is 3. The average molecular weight is 414 g/mol. The summed E-state index contributed by atoms with van der Waals surface area (Å²) in [5.74, 6) is 0.0845. The van der Waals surface area contributed by atoms with E-state index in [0.29, 0.717) is 23.7 Å². The quantitative estimate of drug-likeness (QED) is 0.194. The lowest BCUT2D eigenvalue weighted by atomic mass is 10.2. The summed E-state index contributed by atoms with van der Waals surface area (Å²) in [5, 5.41) is 3.97. The Hall–Kier alpha value is -4.19. The van der Waals surface area contributed by atoms with Crippen LogP contribution in [0.15, 0.2) is 90.0 Å². The van der Waals surface area contributed by atoms with Gasteiger partial charge in [0.05, 0.1) is 18.4 Å². The molecule has 0 saturated heterocycles. The van der Waals surface area contributed by atoms with Gasteiger partial charge in [0.1, 0.15) is 11.5 Å². The molecule has 0 aromatic heterocycles. The van der Waals surface area contributed by atoms with E-state index >= 15 is 0 Å². The Labute approximate surface area is 180 Å². The van der Waals surface area contributed by atoms with Crippen molar-refractivity contribution in [2.24, 2.45) is 5.10 Å². The fourth-order valence-electron chi connectivity index (χ4n) is 2.66. The zero-order valence-electron chi connectivity index (χ0n) is 17.0. The molecule has 3 aromatic rings. The summed E-state index contributed by atoms with van der Waals surface area (Å²) in [5.41, 5.74) is 4.54. The van der Waals surface area contributed by atoms with E-state index in [1.165, 1.54) is 12.3 Å². The minimum atomic E-state index is -0.467. The first-order chi connectivity index (χ1) is 15.2. The third-order valence-electron chi connectivity index (χ3n) is 4.12. The van der Waals surface area contributed by atoms with Crippen LogP contribution in [-0.2, 0) is 4.79 Å². The summed E-state index contributed by atoms with van der Waals surface area (Å²) in [6.07, 6.45) is 4.57. The number of carbonyl (C=O) groups excluding carboxylic acids is 2. The van der Waals surface area contributed by atoms with Crippen LogP contribution < -0.4 is 14.9 Å². The summed E-state index contributed by atoms with van der Waals surface area (Å²) < 4.78 is 10.7. The Bertz CT molecular complexity index is 1070. The smallest absolute Gasteiger partial charge is 0.336 e. The average Bonchev–Trinajstić information content (AvgIpc) is 2.80. The van der Waals surface area contributed by atoms with Crippen molar-refractivity contribution in [2.45, 2.75) is 6.92 Å². The number of ether oxygens (including phenoxy) is 2. The number of hydrazone groups is 1. The molecule has 1 amide bonds. The van der Waals surface area contributed by atoms with E-state index in [2.05, 4.69) is 10.5 Å². The van der Waals surface area contributed by atoms with Gasteiger partial charge in [-0.3, -0.25) is 4.79 Å². The van der Waals surface area contributed by atoms with Gasteiger partial charge in [-0.25, -0.2) is 10.2 Å². The monoisotopic (exact) mass is 414 g/mol. The number of para-hydroxylation sites is 1. The maximum absolute atomic E-state index is 12.3. The molecule has 0 aliphatic rings. The molecule has 0 spiro atoms. The van der Waals surface area contributed by atoms with Crippen molar-refractivity contribution in [3.8, 4) is 11.5 Å². The second kappa shape index (κ2) is 11.1. The topological polar surface area (TPSA) is 77.0 Å². The van der Waals surface area contributed by atoms with Gasteiger partial charge in [-0.2, -0.15) is 5.10 Å². The van der Waals surface area contributed by atoms with Gasteiger partial charge in [0.2, 0.25) is 0 Å². The maximum atomic E-state index is 12.3. The summed E-state index contributed by atoms with van der Waals surface area (Å²) in [6, 6.07) is 23.2. The molecule has 0 unspecified atom stereocenters. The van der Waals surface area contributed by atoms with Crippen LogP contribution >= 0.6 is 0 Å². The largest absolute Gasteiger partial charge is 0.493 e. The molecule has 0 atom stereocenters. The zero-order chi connectivity index (χ0) is 21.9. The van der Waals surface area contributed by atoms with Crippen LogP contribution in [0.3, 0.4) is 0 Å². The Morgan fingerprint density at radius 1 is 0.903 bits per heavy atom. The normalized spacial score (nSPS) is 10.9. The van der Waals surface area contributed by atoms with Crippen LogP contribution in [0.25, 0.3) is 6.08 Å². The minimum absolute atomic E-state index is 0.365. The molecule has 0 aliphatic heterocycles. The highest BCUT2D eigenvalue weighted by atomic mass is 16.5. The van der Waals surface area contributed by atoms with Gasteiger partial charge >= 0.3 is 5.97 Å². The van der Waals surface area contributed by atoms with E-state index in [1.807, 2.05) is 37.3 Å². The van der Waals surface area contributed by atoms with Crippen molar-refractivity contribution in [3.63, 3.8) is 0 Å². The maximum Gasteiger partial charge on any atom is 0.336 e. The molecule has 31 heavy (non-hydrogen) atoms. The van der Waals surface area contributed by atoms with E-state index < -0.39 is 5.97 Å². The van der Waals surface area contributed by atoms with Crippen molar-refractivity contribution >= 4 is 24.2 Å². The predicted octanol–water partition coefficient (Wildman–Crippen LogP) is 4.47. The Morgan fingerprint density at radius 2 is 1.61 bits per heavy atom.